The zero-order chi connectivity index (χ0) is 25.6. The molecule has 2 saturated heterocycles. The van der Waals surface area contributed by atoms with E-state index >= 15 is 0 Å². The van der Waals surface area contributed by atoms with E-state index in [9.17, 15) is 19.5 Å². The average Bonchev–Trinajstić information content (AvgIpc) is 3.39. The van der Waals surface area contributed by atoms with Gasteiger partial charge in [-0.2, -0.15) is 0 Å². The van der Waals surface area contributed by atoms with E-state index < -0.39 is 41.2 Å². The van der Waals surface area contributed by atoms with Gasteiger partial charge in [0.05, 0.1) is 24.6 Å². The van der Waals surface area contributed by atoms with E-state index in [4.69, 9.17) is 4.74 Å². The number of fused-ring (bicyclic) bond motifs is 1. The number of hydrogen-bond acceptors (Lipinski definition) is 5. The zero-order valence-corrected chi connectivity index (χ0v) is 21.4. The number of nitrogens with one attached hydrogen (secondary N) is 1. The van der Waals surface area contributed by atoms with Crippen LogP contribution in [0, 0.1) is 11.8 Å². The highest BCUT2D eigenvalue weighted by molar-refractivity contribution is 9.10. The molecule has 2 heterocycles. The maximum Gasteiger partial charge on any atom is 0.329 e. The number of hydrogen-bond donors (Lipinski definition) is 2. The molecule has 0 saturated carbocycles. The zero-order valence-electron chi connectivity index (χ0n) is 19.8. The lowest BCUT2D eigenvalue weighted by Crippen LogP contribution is -2.53. The van der Waals surface area contributed by atoms with Gasteiger partial charge >= 0.3 is 5.97 Å². The Morgan fingerprint density at radius 3 is 2.36 bits per heavy atom. The van der Waals surface area contributed by atoms with E-state index in [0.717, 1.165) is 21.4 Å². The van der Waals surface area contributed by atoms with Crippen molar-refractivity contribution in [2.75, 3.05) is 12.0 Å². The lowest BCUT2D eigenvalue weighted by atomic mass is 9.75. The summed E-state index contributed by atoms with van der Waals surface area (Å²) in [7, 11) is 1.52. The molecule has 0 bridgehead atoms. The second kappa shape index (κ2) is 9.19. The summed E-state index contributed by atoms with van der Waals surface area (Å²) in [5.74, 6) is -3.82. The van der Waals surface area contributed by atoms with Crippen molar-refractivity contribution >= 4 is 39.4 Å². The Balaban J connectivity index is 1.72. The Kier molecular flexibility index (Phi) is 6.18. The van der Waals surface area contributed by atoms with Gasteiger partial charge in [-0.05, 0) is 47.9 Å². The van der Waals surface area contributed by atoms with Gasteiger partial charge in [-0.3, -0.25) is 14.9 Å². The van der Waals surface area contributed by atoms with Crippen molar-refractivity contribution in [2.24, 2.45) is 11.8 Å². The number of methoxy groups -OCH3 is 1. The summed E-state index contributed by atoms with van der Waals surface area (Å²) in [6, 6.07) is 20.4. The molecule has 8 heteroatoms. The number of nitrogens with zero attached hydrogens (tertiary/aromatic N) is 1. The number of aryl methyl sites for hydroxylation is 1. The summed E-state index contributed by atoms with van der Waals surface area (Å²) < 4.78 is 6.32. The highest BCUT2D eigenvalue weighted by atomic mass is 79.9. The van der Waals surface area contributed by atoms with E-state index in [-0.39, 0.29) is 0 Å². The Bertz CT molecular complexity index is 1340. The molecule has 0 spiro atoms. The van der Waals surface area contributed by atoms with Crippen molar-refractivity contribution in [2.45, 2.75) is 24.9 Å². The van der Waals surface area contributed by atoms with Crippen LogP contribution >= 0.6 is 15.9 Å². The van der Waals surface area contributed by atoms with E-state index in [1.807, 2.05) is 19.1 Å². The van der Waals surface area contributed by atoms with Gasteiger partial charge in [0.15, 0.2) is 5.54 Å². The van der Waals surface area contributed by atoms with Crippen molar-refractivity contribution in [1.82, 2.24) is 5.32 Å². The first-order chi connectivity index (χ1) is 17.3. The maximum absolute atomic E-state index is 14.0. The van der Waals surface area contributed by atoms with Crippen LogP contribution in [0.1, 0.15) is 29.7 Å². The van der Waals surface area contributed by atoms with Crippen molar-refractivity contribution in [3.8, 4) is 5.75 Å². The molecule has 184 valence electrons. The molecule has 5 rings (SSSR count). The minimum Gasteiger partial charge on any atom is -0.496 e. The van der Waals surface area contributed by atoms with Crippen LogP contribution in [0.5, 0.6) is 5.75 Å². The van der Waals surface area contributed by atoms with Crippen LogP contribution in [0.15, 0.2) is 77.3 Å². The van der Waals surface area contributed by atoms with E-state index in [1.165, 1.54) is 7.11 Å². The number of imide groups is 1. The van der Waals surface area contributed by atoms with Crippen molar-refractivity contribution in [3.05, 3.63) is 94.0 Å². The van der Waals surface area contributed by atoms with Crippen LogP contribution < -0.4 is 15.0 Å². The number of halogens is 1. The fourth-order valence-corrected chi connectivity index (χ4v) is 5.92. The van der Waals surface area contributed by atoms with E-state index in [2.05, 4.69) is 21.2 Å². The highest BCUT2D eigenvalue weighted by Crippen LogP contribution is 2.55. The fraction of sp³-hybridized carbons (Fsp3) is 0.250. The molecule has 2 aliphatic rings. The summed E-state index contributed by atoms with van der Waals surface area (Å²) in [6.45, 7) is 2.02. The molecule has 36 heavy (non-hydrogen) atoms. The van der Waals surface area contributed by atoms with Crippen LogP contribution in [-0.4, -0.2) is 30.0 Å². The monoisotopic (exact) mass is 548 g/mol. The summed E-state index contributed by atoms with van der Waals surface area (Å²) >= 11 is 3.47. The predicted octanol–water partition coefficient (Wildman–Crippen LogP) is 4.45. The number of carbonyl (C=O) groups is 3. The average molecular weight is 549 g/mol. The van der Waals surface area contributed by atoms with E-state index in [1.54, 1.807) is 60.7 Å². The number of carbonyl (C=O) groups excluding carboxylic acids is 2. The van der Waals surface area contributed by atoms with E-state index in [0.29, 0.717) is 22.6 Å². The van der Waals surface area contributed by atoms with Crippen LogP contribution in [0.3, 0.4) is 0 Å². The number of carboxylic acid groups (broad SMARTS) is 1. The molecule has 3 aromatic carbocycles. The molecule has 0 aliphatic carbocycles. The molecule has 2 N–H and O–H groups in total. The van der Waals surface area contributed by atoms with Crippen LogP contribution in [0.4, 0.5) is 5.69 Å². The smallest absolute Gasteiger partial charge is 0.329 e. The lowest BCUT2D eigenvalue weighted by Gasteiger charge is -2.32. The third kappa shape index (κ3) is 3.55. The molecular weight excluding hydrogens is 524 g/mol. The quantitative estimate of drug-likeness (QED) is 0.442. The minimum atomic E-state index is -1.81. The second-order valence-corrected chi connectivity index (χ2v) is 9.94. The molecule has 2 fully saturated rings. The SMILES string of the molecule is CCc1ccc(N2C(=O)C3C(c4cc(Br)ccc4OC)NC(C(=O)O)(c4ccccc4)C3C2=O)cc1. The summed E-state index contributed by atoms with van der Waals surface area (Å²) in [5, 5.41) is 13.9. The predicted molar refractivity (Wildman–Crippen MR) is 138 cm³/mol. The van der Waals surface area contributed by atoms with Gasteiger partial charge in [0.25, 0.3) is 0 Å². The summed E-state index contributed by atoms with van der Waals surface area (Å²) in [6.07, 6.45) is 0.818. The third-order valence-corrected chi connectivity index (χ3v) is 7.75. The van der Waals surface area contributed by atoms with Crippen molar-refractivity contribution in [3.63, 3.8) is 0 Å². The molecule has 4 atom stereocenters. The van der Waals surface area contributed by atoms with Gasteiger partial charge in [0.1, 0.15) is 5.75 Å². The van der Waals surface area contributed by atoms with Gasteiger partial charge in [0, 0.05) is 16.1 Å². The normalized spacial score (nSPS) is 25.2. The Morgan fingerprint density at radius 2 is 1.75 bits per heavy atom. The van der Waals surface area contributed by atoms with Gasteiger partial charge < -0.3 is 9.84 Å². The first-order valence-corrected chi connectivity index (χ1v) is 12.5. The number of aliphatic carboxylic acids is 1. The third-order valence-electron chi connectivity index (χ3n) is 7.26. The van der Waals surface area contributed by atoms with Crippen LogP contribution in [0.25, 0.3) is 0 Å². The fourth-order valence-electron chi connectivity index (χ4n) is 5.54. The summed E-state index contributed by atoms with van der Waals surface area (Å²) in [5.41, 5.74) is 0.706. The Labute approximate surface area is 217 Å². The lowest BCUT2D eigenvalue weighted by molar-refractivity contribution is -0.149. The molecule has 0 aromatic heterocycles. The minimum absolute atomic E-state index is 0.410. The first-order valence-electron chi connectivity index (χ1n) is 11.7. The van der Waals surface area contributed by atoms with Gasteiger partial charge in [0.2, 0.25) is 11.8 Å². The van der Waals surface area contributed by atoms with Crippen LogP contribution in [0.2, 0.25) is 0 Å². The van der Waals surface area contributed by atoms with Crippen molar-refractivity contribution in [1.29, 1.82) is 0 Å². The number of rotatable bonds is 6. The topological polar surface area (TPSA) is 95.9 Å². The number of benzene rings is 3. The Hall–Kier alpha value is -3.49. The highest BCUT2D eigenvalue weighted by Gasteiger charge is 2.69. The number of ether oxygens (including phenoxy) is 1. The number of anilines is 1. The summed E-state index contributed by atoms with van der Waals surface area (Å²) in [4.78, 5) is 42.2. The van der Waals surface area contributed by atoms with Crippen molar-refractivity contribution < 1.29 is 24.2 Å². The molecule has 7 nitrogen and oxygen atoms in total. The number of carboxylic acids is 1. The molecule has 4 unspecified atom stereocenters. The molecular formula is C28H25BrN2O5. The first kappa shape index (κ1) is 24.2. The second-order valence-electron chi connectivity index (χ2n) is 9.02. The maximum atomic E-state index is 14.0. The molecule has 3 aromatic rings. The van der Waals surface area contributed by atoms with Gasteiger partial charge in [-0.15, -0.1) is 0 Å². The van der Waals surface area contributed by atoms with Crippen LogP contribution in [-0.2, 0) is 26.3 Å². The number of amides is 2. The van der Waals surface area contributed by atoms with Gasteiger partial charge in [-0.25, -0.2) is 9.69 Å². The Morgan fingerprint density at radius 1 is 1.06 bits per heavy atom. The largest absolute Gasteiger partial charge is 0.496 e. The molecule has 2 aliphatic heterocycles. The molecule has 2 amide bonds. The van der Waals surface area contributed by atoms with Gasteiger partial charge in [-0.1, -0.05) is 65.3 Å². The molecule has 0 radical (unpaired) electrons. The standard InChI is InChI=1S/C28H25BrN2O5/c1-3-16-9-12-19(13-10-16)31-25(32)22-23(26(31)33)28(27(34)35,17-7-5-4-6-8-17)30-24(22)20-15-18(29)11-14-21(20)36-2/h4-15,22-24,30H,3H2,1-2H3,(H,34,35).